The summed E-state index contributed by atoms with van der Waals surface area (Å²) < 4.78 is 24.9. The number of aliphatic hydroxyl groups is 1. The summed E-state index contributed by atoms with van der Waals surface area (Å²) in [6.45, 7) is 1.37. The van der Waals surface area contributed by atoms with Crippen LogP contribution in [0.4, 0.5) is 10.3 Å². The Kier molecular flexibility index (Phi) is 5.83. The molecule has 2 saturated heterocycles. The number of ether oxygens (including phenoxy) is 2. The molecule has 2 aliphatic rings. The Morgan fingerprint density at radius 3 is 2.93 bits per heavy atom. The van der Waals surface area contributed by atoms with E-state index in [4.69, 9.17) is 9.47 Å². The number of anilines is 1. The van der Waals surface area contributed by atoms with Gasteiger partial charge in [-0.1, -0.05) is 18.2 Å². The maximum absolute atomic E-state index is 14.3. The van der Waals surface area contributed by atoms with E-state index in [1.807, 2.05) is 4.90 Å². The van der Waals surface area contributed by atoms with Crippen LogP contribution in [0.5, 0.6) is 5.88 Å². The molecule has 0 unspecified atom stereocenters. The third kappa shape index (κ3) is 4.08. The summed E-state index contributed by atoms with van der Waals surface area (Å²) >= 11 is 0. The Morgan fingerprint density at radius 1 is 1.40 bits per heavy atom. The van der Waals surface area contributed by atoms with Crippen LogP contribution in [0.15, 0.2) is 36.5 Å². The van der Waals surface area contributed by atoms with E-state index in [1.54, 1.807) is 30.5 Å². The quantitative estimate of drug-likeness (QED) is 0.723. The molecule has 2 aromatic rings. The Bertz CT molecular complexity index is 906. The smallest absolute Gasteiger partial charge is 0.230 e. The number of rotatable bonds is 6. The lowest BCUT2D eigenvalue weighted by Crippen LogP contribution is -2.67. The summed E-state index contributed by atoms with van der Waals surface area (Å²) in [6, 6.07) is 7.62. The third-order valence-corrected chi connectivity index (χ3v) is 5.70. The van der Waals surface area contributed by atoms with Crippen LogP contribution in [0.1, 0.15) is 12.0 Å². The number of halogens is 1. The van der Waals surface area contributed by atoms with E-state index < -0.39 is 17.6 Å². The number of carbonyl (C=O) groups is 1. The number of hydrogen-bond acceptors (Lipinski definition) is 7. The van der Waals surface area contributed by atoms with Crippen LogP contribution in [-0.4, -0.2) is 66.5 Å². The standard InChI is InChI=1S/C21H25FN4O4/c1-29-18-6-8-23-20(25-18)26-12-21(13-26,10-14-4-2-3-5-15(14)22)19(28)24-16-11-30-9-7-17(16)27/h2-6,8,16-17,27H,7,9-13H2,1H3,(H,24,28)/t16-,17+/m1/s1. The Morgan fingerprint density at radius 2 is 2.20 bits per heavy atom. The summed E-state index contributed by atoms with van der Waals surface area (Å²) in [4.78, 5) is 23.7. The predicted molar refractivity (Wildman–Crippen MR) is 107 cm³/mol. The lowest BCUT2D eigenvalue weighted by atomic mass is 9.73. The van der Waals surface area contributed by atoms with Crippen LogP contribution in [0.2, 0.25) is 0 Å². The molecular formula is C21H25FN4O4. The largest absolute Gasteiger partial charge is 0.481 e. The Labute approximate surface area is 174 Å². The summed E-state index contributed by atoms with van der Waals surface area (Å²) in [6.07, 6.45) is 1.63. The monoisotopic (exact) mass is 416 g/mol. The number of carbonyl (C=O) groups excluding carboxylic acids is 1. The first kappa shape index (κ1) is 20.5. The minimum absolute atomic E-state index is 0.232. The number of aliphatic hydroxyl groups excluding tert-OH is 1. The van der Waals surface area contributed by atoms with Crippen molar-refractivity contribution in [3.8, 4) is 5.88 Å². The van der Waals surface area contributed by atoms with Crippen molar-refractivity contribution in [3.05, 3.63) is 47.9 Å². The zero-order valence-corrected chi connectivity index (χ0v) is 16.8. The molecule has 30 heavy (non-hydrogen) atoms. The second kappa shape index (κ2) is 8.53. The van der Waals surface area contributed by atoms with Crippen molar-refractivity contribution in [1.82, 2.24) is 15.3 Å². The van der Waals surface area contributed by atoms with Crippen LogP contribution in [0.3, 0.4) is 0 Å². The molecule has 3 heterocycles. The first-order valence-corrected chi connectivity index (χ1v) is 9.93. The van der Waals surface area contributed by atoms with Crippen LogP contribution in [-0.2, 0) is 16.0 Å². The lowest BCUT2D eigenvalue weighted by molar-refractivity contribution is -0.136. The molecule has 1 amide bonds. The fourth-order valence-electron chi connectivity index (χ4n) is 3.95. The van der Waals surface area contributed by atoms with Crippen molar-refractivity contribution >= 4 is 11.9 Å². The molecule has 2 fully saturated rings. The van der Waals surface area contributed by atoms with E-state index in [1.165, 1.54) is 13.2 Å². The highest BCUT2D eigenvalue weighted by Gasteiger charge is 2.51. The number of nitrogens with zero attached hydrogens (tertiary/aromatic N) is 3. The van der Waals surface area contributed by atoms with Crippen LogP contribution in [0.25, 0.3) is 0 Å². The van der Waals surface area contributed by atoms with E-state index >= 15 is 0 Å². The Hall–Kier alpha value is -2.78. The fraction of sp³-hybridized carbons (Fsp3) is 0.476. The van der Waals surface area contributed by atoms with E-state index in [0.29, 0.717) is 43.5 Å². The van der Waals surface area contributed by atoms with Gasteiger partial charge in [-0.15, -0.1) is 0 Å². The summed E-state index contributed by atoms with van der Waals surface area (Å²) in [5.74, 6) is 0.298. The number of methoxy groups -OCH3 is 1. The van der Waals surface area contributed by atoms with Crippen molar-refractivity contribution in [2.24, 2.45) is 5.41 Å². The molecule has 0 saturated carbocycles. The summed E-state index contributed by atoms with van der Waals surface area (Å²) in [7, 11) is 1.52. The number of benzene rings is 1. The van der Waals surface area contributed by atoms with Gasteiger partial charge in [-0.25, -0.2) is 9.37 Å². The van der Waals surface area contributed by atoms with Crippen LogP contribution < -0.4 is 15.0 Å². The van der Waals surface area contributed by atoms with Crippen molar-refractivity contribution in [2.45, 2.75) is 25.0 Å². The molecule has 1 aromatic carbocycles. The van der Waals surface area contributed by atoms with E-state index in [9.17, 15) is 14.3 Å². The minimum atomic E-state index is -0.869. The molecule has 4 rings (SSSR count). The van der Waals surface area contributed by atoms with Gasteiger partial charge in [0.15, 0.2) is 0 Å². The van der Waals surface area contributed by atoms with Gasteiger partial charge in [0.25, 0.3) is 0 Å². The zero-order chi connectivity index (χ0) is 21.1. The van der Waals surface area contributed by atoms with Gasteiger partial charge in [0.2, 0.25) is 17.7 Å². The van der Waals surface area contributed by atoms with Crippen molar-refractivity contribution < 1.29 is 23.8 Å². The van der Waals surface area contributed by atoms with Gasteiger partial charge in [-0.05, 0) is 24.5 Å². The first-order valence-electron chi connectivity index (χ1n) is 9.93. The first-order chi connectivity index (χ1) is 14.5. The van der Waals surface area contributed by atoms with E-state index in [-0.39, 0.29) is 24.8 Å². The average Bonchev–Trinajstić information content (AvgIpc) is 2.73. The molecule has 0 radical (unpaired) electrons. The molecule has 2 aliphatic heterocycles. The summed E-state index contributed by atoms with van der Waals surface area (Å²) in [5, 5.41) is 13.1. The van der Waals surface area contributed by atoms with Crippen LogP contribution >= 0.6 is 0 Å². The molecular weight excluding hydrogens is 391 g/mol. The molecule has 0 bridgehead atoms. The average molecular weight is 416 g/mol. The SMILES string of the molecule is COc1ccnc(N2CC(Cc3ccccc3F)(C(=O)N[C@@H]3COCC[C@@H]3O)C2)n1. The normalized spacial score (nSPS) is 22.8. The number of nitrogens with one attached hydrogen (secondary N) is 1. The topological polar surface area (TPSA) is 96.8 Å². The van der Waals surface area contributed by atoms with Crippen LogP contribution in [0, 0.1) is 11.2 Å². The van der Waals surface area contributed by atoms with Gasteiger partial charge in [0.1, 0.15) is 5.82 Å². The highest BCUT2D eigenvalue weighted by atomic mass is 19.1. The van der Waals surface area contributed by atoms with Crippen molar-refractivity contribution in [3.63, 3.8) is 0 Å². The Balaban J connectivity index is 1.55. The zero-order valence-electron chi connectivity index (χ0n) is 16.8. The van der Waals surface area contributed by atoms with Gasteiger partial charge in [-0.3, -0.25) is 4.79 Å². The number of aromatic nitrogens is 2. The minimum Gasteiger partial charge on any atom is -0.481 e. The molecule has 0 spiro atoms. The molecule has 2 atom stereocenters. The van der Waals surface area contributed by atoms with Gasteiger partial charge < -0.3 is 24.8 Å². The highest BCUT2D eigenvalue weighted by molar-refractivity contribution is 5.86. The fourth-order valence-corrected chi connectivity index (χ4v) is 3.95. The molecule has 8 nitrogen and oxygen atoms in total. The molecule has 160 valence electrons. The maximum Gasteiger partial charge on any atom is 0.230 e. The van der Waals surface area contributed by atoms with Crippen molar-refractivity contribution in [1.29, 1.82) is 0 Å². The molecule has 1 aromatic heterocycles. The van der Waals surface area contributed by atoms with E-state index in [0.717, 1.165) is 0 Å². The van der Waals surface area contributed by atoms with Gasteiger partial charge in [0.05, 0.1) is 31.3 Å². The molecule has 9 heteroatoms. The highest BCUT2D eigenvalue weighted by Crippen LogP contribution is 2.37. The lowest BCUT2D eigenvalue weighted by Gasteiger charge is -2.49. The number of amides is 1. The van der Waals surface area contributed by atoms with Crippen molar-refractivity contribution in [2.75, 3.05) is 38.3 Å². The predicted octanol–water partition coefficient (Wildman–Crippen LogP) is 0.939. The van der Waals surface area contributed by atoms with Gasteiger partial charge >= 0.3 is 0 Å². The summed E-state index contributed by atoms with van der Waals surface area (Å²) in [5.41, 5.74) is -0.398. The van der Waals surface area contributed by atoms with E-state index in [2.05, 4.69) is 15.3 Å². The third-order valence-electron chi connectivity index (χ3n) is 5.70. The second-order valence-corrected chi connectivity index (χ2v) is 7.81. The second-order valence-electron chi connectivity index (χ2n) is 7.81. The van der Waals surface area contributed by atoms with Gasteiger partial charge in [0, 0.05) is 32.0 Å². The molecule has 2 N–H and O–H groups in total. The number of hydrogen-bond donors (Lipinski definition) is 2. The van der Waals surface area contributed by atoms with Gasteiger partial charge in [-0.2, -0.15) is 4.98 Å². The maximum atomic E-state index is 14.3. The molecule has 0 aliphatic carbocycles.